The van der Waals surface area contributed by atoms with Crippen LogP contribution in [0.2, 0.25) is 0 Å². The monoisotopic (exact) mass is 692 g/mol. The van der Waals surface area contributed by atoms with Crippen LogP contribution in [0.15, 0.2) is 194 Å². The summed E-state index contributed by atoms with van der Waals surface area (Å²) in [4.78, 5) is 0. The summed E-state index contributed by atoms with van der Waals surface area (Å²) in [5.41, 5.74) is 2.36. The zero-order chi connectivity index (χ0) is 45.8. The smallest absolute Gasteiger partial charge is 0.0622 e. The van der Waals surface area contributed by atoms with Crippen molar-refractivity contribution in [1.82, 2.24) is 0 Å². The van der Waals surface area contributed by atoms with Gasteiger partial charge >= 0.3 is 0 Å². The van der Waals surface area contributed by atoms with Crippen molar-refractivity contribution in [3.8, 4) is 44.5 Å². The minimum atomic E-state index is -0.607. The van der Waals surface area contributed by atoms with Gasteiger partial charge in [-0.1, -0.05) is 182 Å². The molecule has 0 heteroatoms. The third-order valence-corrected chi connectivity index (χ3v) is 11.1. The first-order valence-corrected chi connectivity index (χ1v) is 17.9. The van der Waals surface area contributed by atoms with Crippen molar-refractivity contribution in [2.45, 2.75) is 0 Å². The molecule has 0 heterocycles. The lowest BCUT2D eigenvalue weighted by Crippen LogP contribution is -1.96. The predicted octanol–water partition coefficient (Wildman–Crippen LogP) is 15.3. The molecule has 12 aromatic carbocycles. The molecule has 0 atom stereocenters. The van der Waals surface area contributed by atoms with Gasteiger partial charge in [0.25, 0.3) is 0 Å². The van der Waals surface area contributed by atoms with E-state index in [9.17, 15) is 6.85 Å². The average Bonchev–Trinajstić information content (AvgIpc) is 3.34. The zero-order valence-electron chi connectivity index (χ0n) is 40.5. The van der Waals surface area contributed by atoms with Crippen molar-refractivity contribution >= 4 is 75.4 Å². The standard InChI is InChI=1S/C54H32/c1-2-9-34(10-3-1)48-31-41(43-27-23-39-21-19-35-13-6-15-37-25-29-46(43)52(39)50(35)37)32-49(54(48)45-18-8-12-33-11-4-5-17-42(33)45)44-28-24-40-22-20-36-14-7-16-38-26-30-47(44)53(40)51(36)38/h1-32H/i1D,2D,3D,4D,5D,8D,9D,10D,11D,12D,17D,18D. The van der Waals surface area contributed by atoms with Gasteiger partial charge in [-0.25, -0.2) is 0 Å². The van der Waals surface area contributed by atoms with Gasteiger partial charge in [0, 0.05) is 0 Å². The van der Waals surface area contributed by atoms with Crippen molar-refractivity contribution in [1.29, 1.82) is 0 Å². The highest BCUT2D eigenvalue weighted by Crippen LogP contribution is 2.49. The maximum atomic E-state index is 9.71. The number of fused-ring (bicyclic) bond motifs is 1. The fraction of sp³-hybridized carbons (Fsp3) is 0. The first-order valence-electron chi connectivity index (χ1n) is 23.9. The molecule has 12 rings (SSSR count). The summed E-state index contributed by atoms with van der Waals surface area (Å²) in [5.74, 6) is 0. The van der Waals surface area contributed by atoms with E-state index in [1.54, 1.807) is 6.07 Å². The van der Waals surface area contributed by atoms with E-state index in [0.29, 0.717) is 16.7 Å². The van der Waals surface area contributed by atoms with Crippen molar-refractivity contribution in [3.63, 3.8) is 0 Å². The van der Waals surface area contributed by atoms with Crippen molar-refractivity contribution in [2.75, 3.05) is 0 Å². The van der Waals surface area contributed by atoms with Crippen LogP contribution in [0.3, 0.4) is 0 Å². The molecular weight excluding hydrogens is 649 g/mol. The van der Waals surface area contributed by atoms with Crippen molar-refractivity contribution in [2.24, 2.45) is 0 Å². The third kappa shape index (κ3) is 4.20. The molecule has 0 nitrogen and oxygen atoms in total. The van der Waals surface area contributed by atoms with E-state index >= 15 is 0 Å². The number of hydrogen-bond donors (Lipinski definition) is 0. The summed E-state index contributed by atoms with van der Waals surface area (Å²) in [6, 6.07) is 33.7. The largest absolute Gasteiger partial charge is 0.0629 e. The Hall–Kier alpha value is -7.02. The summed E-state index contributed by atoms with van der Waals surface area (Å²) >= 11 is 0. The first-order chi connectivity index (χ1) is 31.8. The Labute approximate surface area is 329 Å². The summed E-state index contributed by atoms with van der Waals surface area (Å²) < 4.78 is 109. The Morgan fingerprint density at radius 2 is 0.778 bits per heavy atom. The molecule has 12 aromatic rings. The molecule has 0 aliphatic rings. The van der Waals surface area contributed by atoms with Gasteiger partial charge in [-0.15, -0.1) is 0 Å². The van der Waals surface area contributed by atoms with E-state index in [4.69, 9.17) is 9.60 Å². The van der Waals surface area contributed by atoms with Crippen LogP contribution >= 0.6 is 0 Å². The maximum Gasteiger partial charge on any atom is 0.0629 e. The Morgan fingerprint density at radius 3 is 1.44 bits per heavy atom. The summed E-state index contributed by atoms with van der Waals surface area (Å²) in [5, 5.41) is 11.5. The predicted molar refractivity (Wildman–Crippen MR) is 233 cm³/mol. The Balaban J connectivity index is 1.35. The molecule has 54 heavy (non-hydrogen) atoms. The van der Waals surface area contributed by atoms with Gasteiger partial charge in [-0.05, 0) is 132 Å². The normalized spacial score (nSPS) is 15.2. The van der Waals surface area contributed by atoms with Crippen molar-refractivity contribution < 1.29 is 16.4 Å². The second-order valence-corrected chi connectivity index (χ2v) is 13.9. The van der Waals surface area contributed by atoms with E-state index in [2.05, 4.69) is 48.5 Å². The van der Waals surface area contributed by atoms with Crippen LogP contribution < -0.4 is 0 Å². The van der Waals surface area contributed by atoms with E-state index < -0.39 is 72.5 Å². The minimum Gasteiger partial charge on any atom is -0.0622 e. The lowest BCUT2D eigenvalue weighted by Gasteiger charge is -2.23. The van der Waals surface area contributed by atoms with Crippen LogP contribution in [0.25, 0.3) is 120 Å². The second-order valence-electron chi connectivity index (χ2n) is 13.9. The highest BCUT2D eigenvalue weighted by molar-refractivity contribution is 6.28. The maximum absolute atomic E-state index is 9.71. The molecule has 0 N–H and O–H groups in total. The van der Waals surface area contributed by atoms with E-state index in [1.807, 2.05) is 66.7 Å². The molecule has 0 aromatic heterocycles. The summed E-state index contributed by atoms with van der Waals surface area (Å²) in [6.07, 6.45) is 0. The fourth-order valence-electron chi connectivity index (χ4n) is 8.82. The number of benzene rings is 12. The average molecular weight is 693 g/mol. The number of hydrogen-bond acceptors (Lipinski definition) is 0. The SMILES string of the molecule is [2H]c1c([2H])c([2H])c(-c2cc(-c3ccc4ccc5cccc6ccc3c4c56)cc(-c3ccc4ccc5cccc6ccc3c4c56)c2-c2c([2H])c([2H])c([2H])c3c([2H])c([2H])c([2H])c([2H])c23)c([2H])c1[2H]. The van der Waals surface area contributed by atoms with Gasteiger partial charge in [-0.3, -0.25) is 0 Å². The topological polar surface area (TPSA) is 0 Å². The molecule has 0 spiro atoms. The van der Waals surface area contributed by atoms with E-state index in [0.717, 1.165) is 70.2 Å². The lowest BCUT2D eigenvalue weighted by molar-refractivity contribution is 1.58. The lowest BCUT2D eigenvalue weighted by atomic mass is 9.80. The Kier molecular flexibility index (Phi) is 4.22. The van der Waals surface area contributed by atoms with Gasteiger partial charge in [0.2, 0.25) is 0 Å². The van der Waals surface area contributed by atoms with Gasteiger partial charge in [0.15, 0.2) is 0 Å². The quantitative estimate of drug-likeness (QED) is 0.161. The first kappa shape index (κ1) is 20.3. The molecular formula is C54H32. The highest BCUT2D eigenvalue weighted by Gasteiger charge is 2.22. The molecule has 0 aliphatic heterocycles. The van der Waals surface area contributed by atoms with E-state index in [1.165, 1.54) is 0 Å². The molecule has 0 saturated carbocycles. The van der Waals surface area contributed by atoms with Crippen LogP contribution in [0, 0.1) is 0 Å². The molecule has 0 unspecified atom stereocenters. The molecule has 0 amide bonds. The number of rotatable bonds is 4. The van der Waals surface area contributed by atoms with Crippen molar-refractivity contribution in [3.05, 3.63) is 194 Å². The summed E-state index contributed by atoms with van der Waals surface area (Å²) in [6.45, 7) is 0. The van der Waals surface area contributed by atoms with E-state index in [-0.39, 0.29) is 33.0 Å². The minimum absolute atomic E-state index is 0.0928. The third-order valence-electron chi connectivity index (χ3n) is 11.1. The second kappa shape index (κ2) is 11.2. The zero-order valence-corrected chi connectivity index (χ0v) is 28.5. The Bertz CT molecular complexity index is 4070. The van der Waals surface area contributed by atoms with Crippen LogP contribution in [0.1, 0.15) is 16.4 Å². The van der Waals surface area contributed by atoms with Crippen LogP contribution in [-0.4, -0.2) is 0 Å². The molecule has 0 radical (unpaired) electrons. The molecule has 0 aliphatic carbocycles. The van der Waals surface area contributed by atoms with Crippen LogP contribution in [0.4, 0.5) is 0 Å². The summed E-state index contributed by atoms with van der Waals surface area (Å²) in [7, 11) is 0. The van der Waals surface area contributed by atoms with Gasteiger partial charge in [-0.2, -0.15) is 0 Å². The fourth-order valence-corrected chi connectivity index (χ4v) is 8.82. The molecule has 0 saturated heterocycles. The Morgan fingerprint density at radius 1 is 0.278 bits per heavy atom. The van der Waals surface area contributed by atoms with Gasteiger partial charge in [0.05, 0.1) is 16.4 Å². The van der Waals surface area contributed by atoms with Gasteiger partial charge in [0.1, 0.15) is 0 Å². The molecule has 0 bridgehead atoms. The van der Waals surface area contributed by atoms with Crippen LogP contribution in [0.5, 0.6) is 0 Å². The highest BCUT2D eigenvalue weighted by atomic mass is 14.3. The van der Waals surface area contributed by atoms with Gasteiger partial charge < -0.3 is 0 Å². The van der Waals surface area contributed by atoms with Crippen LogP contribution in [-0.2, 0) is 0 Å². The molecule has 248 valence electrons. The molecule has 0 fully saturated rings.